The van der Waals surface area contributed by atoms with Crippen molar-refractivity contribution >= 4 is 5.96 Å². The molecule has 3 aliphatic heterocycles. The molecule has 6 nitrogen and oxygen atoms in total. The van der Waals surface area contributed by atoms with Crippen molar-refractivity contribution in [3.8, 4) is 0 Å². The summed E-state index contributed by atoms with van der Waals surface area (Å²) in [5.74, 6) is 0.900. The fraction of sp³-hybridized carbons (Fsp3) is 0.923. The normalized spacial score (nSPS) is 30.4. The van der Waals surface area contributed by atoms with Crippen LogP contribution in [-0.4, -0.2) is 87.9 Å². The van der Waals surface area contributed by atoms with Gasteiger partial charge in [-0.2, -0.15) is 0 Å². The SMILES string of the molecule is CCNC(=NCC1CN2CCN1CC2)NCCOC. The van der Waals surface area contributed by atoms with Gasteiger partial charge in [-0.3, -0.25) is 14.8 Å². The third-order valence-corrected chi connectivity index (χ3v) is 3.80. The van der Waals surface area contributed by atoms with Crippen LogP contribution < -0.4 is 10.6 Å². The van der Waals surface area contributed by atoms with E-state index in [1.807, 2.05) is 0 Å². The van der Waals surface area contributed by atoms with Gasteiger partial charge in [-0.25, -0.2) is 0 Å². The lowest BCUT2D eigenvalue weighted by atomic mass is 10.1. The van der Waals surface area contributed by atoms with Gasteiger partial charge in [0.25, 0.3) is 0 Å². The summed E-state index contributed by atoms with van der Waals surface area (Å²) in [7, 11) is 1.71. The summed E-state index contributed by atoms with van der Waals surface area (Å²) in [6.45, 7) is 11.4. The van der Waals surface area contributed by atoms with Gasteiger partial charge in [0.1, 0.15) is 0 Å². The molecule has 1 unspecified atom stereocenters. The molecule has 3 aliphatic rings. The first-order chi connectivity index (χ1) is 9.33. The molecule has 3 fully saturated rings. The predicted octanol–water partition coefficient (Wildman–Crippen LogP) is -0.812. The molecule has 0 radical (unpaired) electrons. The molecule has 1 atom stereocenters. The minimum absolute atomic E-state index is 0.584. The van der Waals surface area contributed by atoms with Crippen LogP contribution in [0.5, 0.6) is 0 Å². The average Bonchev–Trinajstić information content (AvgIpc) is 2.46. The van der Waals surface area contributed by atoms with E-state index in [0.29, 0.717) is 12.6 Å². The van der Waals surface area contributed by atoms with E-state index >= 15 is 0 Å². The Bertz CT molecular complexity index is 289. The molecule has 6 heteroatoms. The van der Waals surface area contributed by atoms with E-state index in [9.17, 15) is 0 Å². The van der Waals surface area contributed by atoms with Crippen molar-refractivity contribution in [2.75, 3.05) is 66.1 Å². The van der Waals surface area contributed by atoms with Crippen molar-refractivity contribution in [3.63, 3.8) is 0 Å². The van der Waals surface area contributed by atoms with Gasteiger partial charge >= 0.3 is 0 Å². The van der Waals surface area contributed by atoms with Crippen molar-refractivity contribution in [3.05, 3.63) is 0 Å². The number of hydrogen-bond donors (Lipinski definition) is 2. The summed E-state index contributed by atoms with van der Waals surface area (Å²) in [5, 5.41) is 6.56. The molecule has 0 aromatic carbocycles. The number of rotatable bonds is 6. The van der Waals surface area contributed by atoms with E-state index in [2.05, 4.69) is 27.4 Å². The summed E-state index contributed by atoms with van der Waals surface area (Å²) in [4.78, 5) is 9.82. The lowest BCUT2D eigenvalue weighted by molar-refractivity contribution is 0.0174. The first-order valence-corrected chi connectivity index (χ1v) is 7.31. The number of nitrogens with one attached hydrogen (secondary N) is 2. The quantitative estimate of drug-likeness (QED) is 0.375. The highest BCUT2D eigenvalue weighted by Crippen LogP contribution is 2.15. The van der Waals surface area contributed by atoms with Gasteiger partial charge in [0, 0.05) is 59.0 Å². The molecule has 0 aliphatic carbocycles. The Morgan fingerprint density at radius 2 is 2.05 bits per heavy atom. The predicted molar refractivity (Wildman–Crippen MR) is 77.7 cm³/mol. The minimum Gasteiger partial charge on any atom is -0.383 e. The number of nitrogens with zero attached hydrogens (tertiary/aromatic N) is 3. The zero-order valence-corrected chi connectivity index (χ0v) is 12.2. The second-order valence-electron chi connectivity index (χ2n) is 5.13. The number of methoxy groups -OCH3 is 1. The van der Waals surface area contributed by atoms with Gasteiger partial charge in [0.2, 0.25) is 0 Å². The molecule has 2 bridgehead atoms. The first kappa shape index (κ1) is 14.6. The fourth-order valence-corrected chi connectivity index (χ4v) is 2.71. The Hall–Kier alpha value is -0.850. The maximum absolute atomic E-state index is 5.04. The molecule has 3 rings (SSSR count). The zero-order chi connectivity index (χ0) is 13.5. The second-order valence-corrected chi connectivity index (χ2v) is 5.13. The van der Waals surface area contributed by atoms with Crippen LogP contribution in [0.25, 0.3) is 0 Å². The Balaban J connectivity index is 1.79. The third-order valence-electron chi connectivity index (χ3n) is 3.80. The van der Waals surface area contributed by atoms with Crippen LogP contribution in [0.15, 0.2) is 4.99 Å². The molecule has 3 saturated heterocycles. The van der Waals surface area contributed by atoms with E-state index in [4.69, 9.17) is 9.73 Å². The van der Waals surface area contributed by atoms with Crippen molar-refractivity contribution in [1.82, 2.24) is 20.4 Å². The molecule has 0 aromatic heterocycles. The van der Waals surface area contributed by atoms with Crippen LogP contribution in [0.3, 0.4) is 0 Å². The smallest absolute Gasteiger partial charge is 0.191 e. The van der Waals surface area contributed by atoms with E-state index in [1.54, 1.807) is 7.11 Å². The lowest BCUT2D eigenvalue weighted by Gasteiger charge is -2.47. The van der Waals surface area contributed by atoms with Gasteiger partial charge in [0.15, 0.2) is 5.96 Å². The molecule has 3 heterocycles. The van der Waals surface area contributed by atoms with Crippen molar-refractivity contribution in [2.45, 2.75) is 13.0 Å². The minimum atomic E-state index is 0.584. The van der Waals surface area contributed by atoms with Gasteiger partial charge in [0.05, 0.1) is 13.2 Å². The Labute approximate surface area is 116 Å². The third kappa shape index (κ3) is 4.33. The lowest BCUT2D eigenvalue weighted by Crippen LogP contribution is -2.62. The Morgan fingerprint density at radius 3 is 2.63 bits per heavy atom. The Kier molecular flexibility index (Phi) is 5.88. The summed E-state index contributed by atoms with van der Waals surface area (Å²) >= 11 is 0. The number of aliphatic imine (C=N–C) groups is 1. The molecule has 0 spiro atoms. The molecular weight excluding hydrogens is 242 g/mol. The van der Waals surface area contributed by atoms with Crippen molar-refractivity contribution in [1.29, 1.82) is 0 Å². The van der Waals surface area contributed by atoms with E-state index in [1.165, 1.54) is 32.7 Å². The van der Waals surface area contributed by atoms with E-state index in [0.717, 1.165) is 25.6 Å². The summed E-state index contributed by atoms with van der Waals surface area (Å²) < 4.78 is 5.04. The number of hydrogen-bond acceptors (Lipinski definition) is 4. The molecule has 2 N–H and O–H groups in total. The van der Waals surface area contributed by atoms with E-state index < -0.39 is 0 Å². The van der Waals surface area contributed by atoms with Crippen LogP contribution in [-0.2, 0) is 4.74 Å². The van der Waals surface area contributed by atoms with Crippen LogP contribution in [0.2, 0.25) is 0 Å². The topological polar surface area (TPSA) is 52.1 Å². The van der Waals surface area contributed by atoms with Gasteiger partial charge in [-0.15, -0.1) is 0 Å². The maximum atomic E-state index is 5.04. The average molecular weight is 269 g/mol. The highest BCUT2D eigenvalue weighted by molar-refractivity contribution is 5.79. The molecule has 0 saturated carbocycles. The van der Waals surface area contributed by atoms with Crippen LogP contribution in [0, 0.1) is 0 Å². The van der Waals surface area contributed by atoms with Crippen LogP contribution in [0.1, 0.15) is 6.92 Å². The van der Waals surface area contributed by atoms with E-state index in [-0.39, 0.29) is 0 Å². The first-order valence-electron chi connectivity index (χ1n) is 7.31. The highest BCUT2D eigenvalue weighted by Gasteiger charge is 2.31. The molecular formula is C13H27N5O. The molecule has 19 heavy (non-hydrogen) atoms. The number of ether oxygens (including phenoxy) is 1. The number of guanidine groups is 1. The van der Waals surface area contributed by atoms with Crippen molar-refractivity contribution in [2.24, 2.45) is 4.99 Å². The largest absolute Gasteiger partial charge is 0.383 e. The highest BCUT2D eigenvalue weighted by atomic mass is 16.5. The zero-order valence-electron chi connectivity index (χ0n) is 12.2. The fourth-order valence-electron chi connectivity index (χ4n) is 2.71. The van der Waals surface area contributed by atoms with Gasteiger partial charge in [-0.05, 0) is 6.92 Å². The molecule has 110 valence electrons. The van der Waals surface area contributed by atoms with Crippen LogP contribution in [0.4, 0.5) is 0 Å². The van der Waals surface area contributed by atoms with Gasteiger partial charge in [-0.1, -0.05) is 0 Å². The standard InChI is InChI=1S/C13H27N5O/c1-3-14-13(15-4-9-19-2)16-10-12-11-17-5-7-18(12)8-6-17/h12H,3-11H2,1-2H3,(H2,14,15,16). The monoisotopic (exact) mass is 269 g/mol. The summed E-state index contributed by atoms with van der Waals surface area (Å²) in [6.07, 6.45) is 0. The number of piperazine rings is 3. The Morgan fingerprint density at radius 1 is 1.26 bits per heavy atom. The number of fused-ring (bicyclic) bond motifs is 3. The summed E-state index contributed by atoms with van der Waals surface area (Å²) in [6, 6.07) is 0.584. The maximum Gasteiger partial charge on any atom is 0.191 e. The van der Waals surface area contributed by atoms with Crippen LogP contribution >= 0.6 is 0 Å². The molecule has 0 amide bonds. The van der Waals surface area contributed by atoms with Crippen molar-refractivity contribution < 1.29 is 4.74 Å². The second kappa shape index (κ2) is 7.67. The van der Waals surface area contributed by atoms with Gasteiger partial charge < -0.3 is 15.4 Å². The molecule has 0 aromatic rings. The summed E-state index contributed by atoms with van der Waals surface area (Å²) in [5.41, 5.74) is 0.